The van der Waals surface area contributed by atoms with E-state index >= 15 is 0 Å². The van der Waals surface area contributed by atoms with Crippen LogP contribution in [0.3, 0.4) is 0 Å². The van der Waals surface area contributed by atoms with E-state index in [2.05, 4.69) is 10.6 Å². The first-order chi connectivity index (χ1) is 16.3. The number of methoxy groups -OCH3 is 1. The minimum absolute atomic E-state index is 0.0761. The van der Waals surface area contributed by atoms with Gasteiger partial charge < -0.3 is 25.2 Å². The molecule has 0 fully saturated rings. The molecule has 34 heavy (non-hydrogen) atoms. The zero-order valence-corrected chi connectivity index (χ0v) is 19.8. The number of amides is 2. The summed E-state index contributed by atoms with van der Waals surface area (Å²) in [6, 6.07) is 7.85. The Balaban J connectivity index is 2.11. The Morgan fingerprint density at radius 2 is 1.79 bits per heavy atom. The molecule has 2 atom stereocenters. The standard InChI is InChI=1S/C24H33N3O7/c1-4-19(29)25-12-13-26-20(30)11-8-14-34-23-16(2)22(27(31)32)18(15-28)21(24(23)33-3)17-9-6-5-7-10-17/h5-7,9-10,16,22,28H,4,8,11-15H2,1-3H3,(H,25,29)(H,26,30). The van der Waals surface area contributed by atoms with Crippen LogP contribution in [0.5, 0.6) is 0 Å². The highest BCUT2D eigenvalue weighted by Gasteiger charge is 2.44. The van der Waals surface area contributed by atoms with E-state index in [0.717, 1.165) is 0 Å². The van der Waals surface area contributed by atoms with Crippen LogP contribution in [0.25, 0.3) is 5.57 Å². The van der Waals surface area contributed by atoms with Crippen LogP contribution >= 0.6 is 0 Å². The monoisotopic (exact) mass is 475 g/mol. The van der Waals surface area contributed by atoms with Gasteiger partial charge in [-0.2, -0.15) is 0 Å². The topological polar surface area (TPSA) is 140 Å². The molecule has 0 aliphatic heterocycles. The fourth-order valence-corrected chi connectivity index (χ4v) is 3.90. The number of aliphatic hydroxyl groups excluding tert-OH is 1. The zero-order chi connectivity index (χ0) is 25.1. The predicted octanol–water partition coefficient (Wildman–Crippen LogP) is 2.02. The Morgan fingerprint density at radius 1 is 1.15 bits per heavy atom. The predicted molar refractivity (Wildman–Crippen MR) is 126 cm³/mol. The van der Waals surface area contributed by atoms with Crippen molar-refractivity contribution in [3.05, 3.63) is 63.1 Å². The summed E-state index contributed by atoms with van der Waals surface area (Å²) in [6.07, 6.45) is 0.982. The molecule has 0 heterocycles. The van der Waals surface area contributed by atoms with Crippen LogP contribution in [-0.4, -0.2) is 61.3 Å². The maximum absolute atomic E-state index is 12.0. The molecule has 0 saturated heterocycles. The van der Waals surface area contributed by atoms with Gasteiger partial charge in [-0.05, 0) is 18.9 Å². The van der Waals surface area contributed by atoms with E-state index in [1.54, 1.807) is 38.1 Å². The average molecular weight is 476 g/mol. The van der Waals surface area contributed by atoms with Gasteiger partial charge in [0.15, 0.2) is 5.76 Å². The van der Waals surface area contributed by atoms with Crippen molar-refractivity contribution < 1.29 is 29.1 Å². The van der Waals surface area contributed by atoms with Crippen molar-refractivity contribution in [1.82, 2.24) is 10.6 Å². The fourth-order valence-electron chi connectivity index (χ4n) is 3.90. The summed E-state index contributed by atoms with van der Waals surface area (Å²) in [5, 5.41) is 27.3. The van der Waals surface area contributed by atoms with Gasteiger partial charge in [0.1, 0.15) is 5.76 Å². The SMILES string of the molecule is CCC(=O)NCCNC(=O)CCCOC1=C(OC)C(c2ccccc2)=C(CO)C([N+](=O)[O-])C1C. The van der Waals surface area contributed by atoms with E-state index in [1.807, 2.05) is 6.07 Å². The van der Waals surface area contributed by atoms with Crippen molar-refractivity contribution in [3.63, 3.8) is 0 Å². The third kappa shape index (κ3) is 6.80. The smallest absolute Gasteiger partial charge is 0.247 e. The van der Waals surface area contributed by atoms with E-state index in [0.29, 0.717) is 48.6 Å². The lowest BCUT2D eigenvalue weighted by atomic mass is 9.81. The largest absolute Gasteiger partial charge is 0.493 e. The number of ether oxygens (including phenoxy) is 2. The lowest BCUT2D eigenvalue weighted by Gasteiger charge is -2.31. The molecule has 0 saturated carbocycles. The van der Waals surface area contributed by atoms with E-state index < -0.39 is 23.5 Å². The quantitative estimate of drug-likeness (QED) is 0.225. The highest BCUT2D eigenvalue weighted by atomic mass is 16.6. The molecule has 1 aromatic rings. The number of benzene rings is 1. The molecule has 10 heteroatoms. The molecular weight excluding hydrogens is 442 g/mol. The second-order valence-electron chi connectivity index (χ2n) is 7.85. The highest BCUT2D eigenvalue weighted by molar-refractivity contribution is 5.82. The van der Waals surface area contributed by atoms with Crippen LogP contribution in [0.1, 0.15) is 38.7 Å². The number of hydrogen-bond acceptors (Lipinski definition) is 7. The first kappa shape index (κ1) is 26.8. The van der Waals surface area contributed by atoms with Crippen LogP contribution in [0.4, 0.5) is 0 Å². The molecule has 0 aromatic heterocycles. The lowest BCUT2D eigenvalue weighted by molar-refractivity contribution is -0.520. The molecule has 2 unspecified atom stereocenters. The first-order valence-corrected chi connectivity index (χ1v) is 11.3. The van der Waals surface area contributed by atoms with Crippen LogP contribution in [0.2, 0.25) is 0 Å². The molecule has 1 aromatic carbocycles. The van der Waals surface area contributed by atoms with Gasteiger partial charge in [-0.3, -0.25) is 19.7 Å². The van der Waals surface area contributed by atoms with Gasteiger partial charge in [0.2, 0.25) is 17.9 Å². The normalized spacial score (nSPS) is 17.9. The number of allylic oxidation sites excluding steroid dienone is 1. The molecule has 2 rings (SSSR count). The van der Waals surface area contributed by atoms with Gasteiger partial charge in [-0.15, -0.1) is 0 Å². The van der Waals surface area contributed by atoms with Gasteiger partial charge in [-0.1, -0.05) is 37.3 Å². The molecule has 10 nitrogen and oxygen atoms in total. The molecule has 2 amide bonds. The Labute approximate surface area is 199 Å². The van der Waals surface area contributed by atoms with Crippen LogP contribution in [0, 0.1) is 16.0 Å². The maximum atomic E-state index is 12.0. The second kappa shape index (κ2) is 13.3. The second-order valence-corrected chi connectivity index (χ2v) is 7.85. The van der Waals surface area contributed by atoms with Crippen molar-refractivity contribution in [2.24, 2.45) is 5.92 Å². The Bertz CT molecular complexity index is 928. The van der Waals surface area contributed by atoms with Crippen LogP contribution in [-0.2, 0) is 19.1 Å². The fraction of sp³-hybridized carbons (Fsp3) is 0.500. The van der Waals surface area contributed by atoms with E-state index in [-0.39, 0.29) is 30.4 Å². The summed E-state index contributed by atoms with van der Waals surface area (Å²) in [5.41, 5.74) is 1.40. The number of carbonyl (C=O) groups is 2. The van der Waals surface area contributed by atoms with Crippen molar-refractivity contribution in [2.75, 3.05) is 33.4 Å². The van der Waals surface area contributed by atoms with Crippen LogP contribution < -0.4 is 10.6 Å². The molecule has 186 valence electrons. The minimum atomic E-state index is -1.17. The number of nitrogens with zero attached hydrogens (tertiary/aromatic N) is 1. The molecule has 3 N–H and O–H groups in total. The Kier molecular flexibility index (Phi) is 10.5. The van der Waals surface area contributed by atoms with Crippen molar-refractivity contribution in [1.29, 1.82) is 0 Å². The summed E-state index contributed by atoms with van der Waals surface area (Å²) < 4.78 is 11.6. The number of carbonyl (C=O) groups excluding carboxylic acids is 2. The summed E-state index contributed by atoms with van der Waals surface area (Å²) >= 11 is 0. The number of rotatable bonds is 13. The first-order valence-electron chi connectivity index (χ1n) is 11.3. The summed E-state index contributed by atoms with van der Waals surface area (Å²) in [6.45, 7) is 3.79. The highest BCUT2D eigenvalue weighted by Crippen LogP contribution is 2.41. The molecule has 1 aliphatic carbocycles. The zero-order valence-electron chi connectivity index (χ0n) is 19.8. The van der Waals surface area contributed by atoms with Gasteiger partial charge >= 0.3 is 0 Å². The number of hydrogen-bond donors (Lipinski definition) is 3. The van der Waals surface area contributed by atoms with Crippen molar-refractivity contribution in [2.45, 2.75) is 39.2 Å². The number of aliphatic hydroxyl groups is 1. The van der Waals surface area contributed by atoms with Gasteiger partial charge in [0.25, 0.3) is 0 Å². The minimum Gasteiger partial charge on any atom is -0.493 e. The Morgan fingerprint density at radius 3 is 2.35 bits per heavy atom. The molecular formula is C24H33N3O7. The molecule has 0 radical (unpaired) electrons. The lowest BCUT2D eigenvalue weighted by Crippen LogP contribution is -2.37. The van der Waals surface area contributed by atoms with E-state index in [9.17, 15) is 24.8 Å². The summed E-state index contributed by atoms with van der Waals surface area (Å²) in [5.74, 6) is -0.258. The maximum Gasteiger partial charge on any atom is 0.247 e. The number of nitro groups is 1. The molecule has 0 spiro atoms. The van der Waals surface area contributed by atoms with Crippen molar-refractivity contribution >= 4 is 17.4 Å². The van der Waals surface area contributed by atoms with Gasteiger partial charge in [0.05, 0.1) is 26.2 Å². The Hall–Kier alpha value is -3.40. The molecule has 1 aliphatic rings. The van der Waals surface area contributed by atoms with Crippen LogP contribution in [0.15, 0.2) is 47.4 Å². The summed E-state index contributed by atoms with van der Waals surface area (Å²) in [4.78, 5) is 34.7. The third-order valence-corrected chi connectivity index (χ3v) is 5.58. The third-order valence-electron chi connectivity index (χ3n) is 5.58. The number of nitrogens with one attached hydrogen (secondary N) is 2. The average Bonchev–Trinajstić information content (AvgIpc) is 2.84. The van der Waals surface area contributed by atoms with E-state index in [4.69, 9.17) is 9.47 Å². The molecule has 0 bridgehead atoms. The van der Waals surface area contributed by atoms with E-state index in [1.165, 1.54) is 7.11 Å². The van der Waals surface area contributed by atoms with Crippen molar-refractivity contribution in [3.8, 4) is 0 Å². The van der Waals surface area contributed by atoms with Gasteiger partial charge in [0, 0.05) is 42.0 Å². The summed E-state index contributed by atoms with van der Waals surface area (Å²) in [7, 11) is 1.46. The van der Waals surface area contributed by atoms with Gasteiger partial charge in [-0.25, -0.2) is 0 Å².